The van der Waals surface area contributed by atoms with E-state index in [2.05, 4.69) is 5.32 Å². The zero-order chi connectivity index (χ0) is 16.1. The number of thioether (sulfide) groups is 1. The summed E-state index contributed by atoms with van der Waals surface area (Å²) in [4.78, 5) is 34.9. The number of rotatable bonds is 9. The molecule has 22 heavy (non-hydrogen) atoms. The van der Waals surface area contributed by atoms with Crippen molar-refractivity contribution in [1.82, 2.24) is 5.32 Å². The number of amides is 1. The van der Waals surface area contributed by atoms with Gasteiger partial charge in [0, 0.05) is 30.1 Å². The maximum absolute atomic E-state index is 12.3. The summed E-state index contributed by atoms with van der Waals surface area (Å²) in [7, 11) is 0. The van der Waals surface area contributed by atoms with Crippen LogP contribution in [0.25, 0.3) is 0 Å². The molecule has 2 aliphatic heterocycles. The van der Waals surface area contributed by atoms with Crippen molar-refractivity contribution in [2.24, 2.45) is 11.8 Å². The van der Waals surface area contributed by atoms with Gasteiger partial charge in [0.2, 0.25) is 5.91 Å². The van der Waals surface area contributed by atoms with Gasteiger partial charge in [0.25, 0.3) is 0 Å². The van der Waals surface area contributed by atoms with E-state index in [1.54, 1.807) is 0 Å². The van der Waals surface area contributed by atoms with Crippen molar-refractivity contribution in [3.63, 3.8) is 0 Å². The van der Waals surface area contributed by atoms with Crippen LogP contribution in [0.5, 0.6) is 0 Å². The van der Waals surface area contributed by atoms with Crippen LogP contribution in [0.3, 0.4) is 0 Å². The number of aliphatic carboxylic acids is 1. The number of carbonyl (C=O) groups excluding carboxylic acids is 2. The molecule has 2 heterocycles. The van der Waals surface area contributed by atoms with E-state index in [0.717, 1.165) is 31.4 Å². The van der Waals surface area contributed by atoms with Crippen LogP contribution in [-0.4, -0.2) is 39.8 Å². The summed E-state index contributed by atoms with van der Waals surface area (Å²) in [5.74, 6) is -0.215. The van der Waals surface area contributed by atoms with Gasteiger partial charge in [-0.3, -0.25) is 14.4 Å². The van der Waals surface area contributed by atoms with Crippen LogP contribution in [0.15, 0.2) is 0 Å². The number of hydrogen-bond donors (Lipinski definition) is 2. The van der Waals surface area contributed by atoms with Gasteiger partial charge < -0.3 is 10.4 Å². The third kappa shape index (κ3) is 4.03. The number of nitrogens with one attached hydrogen (secondary N) is 1. The second kappa shape index (κ2) is 7.99. The average molecular weight is 327 g/mol. The first-order valence-corrected chi connectivity index (χ1v) is 9.26. The lowest BCUT2D eigenvalue weighted by Crippen LogP contribution is -2.34. The highest BCUT2D eigenvalue weighted by Crippen LogP contribution is 2.43. The Bertz CT molecular complexity index is 440. The highest BCUT2D eigenvalue weighted by atomic mass is 32.2. The summed E-state index contributed by atoms with van der Waals surface area (Å²) >= 11 is 1.83. The molecule has 5 nitrogen and oxygen atoms in total. The van der Waals surface area contributed by atoms with E-state index in [1.165, 1.54) is 0 Å². The highest BCUT2D eigenvalue weighted by molar-refractivity contribution is 8.00. The van der Waals surface area contributed by atoms with Gasteiger partial charge in [-0.25, -0.2) is 0 Å². The Hall–Kier alpha value is -1.04. The fraction of sp³-hybridized carbons (Fsp3) is 0.812. The molecule has 0 radical (unpaired) electrons. The Kier molecular flexibility index (Phi) is 6.29. The fourth-order valence-electron chi connectivity index (χ4n) is 3.45. The van der Waals surface area contributed by atoms with Crippen LogP contribution in [0.2, 0.25) is 0 Å². The Balaban J connectivity index is 1.85. The summed E-state index contributed by atoms with van der Waals surface area (Å²) in [6, 6.07) is 0.0953. The van der Waals surface area contributed by atoms with Gasteiger partial charge in [0.1, 0.15) is 11.7 Å². The van der Waals surface area contributed by atoms with Gasteiger partial charge in [-0.1, -0.05) is 19.8 Å². The average Bonchev–Trinajstić information content (AvgIpc) is 2.99. The molecule has 0 bridgehead atoms. The van der Waals surface area contributed by atoms with Gasteiger partial charge in [0.15, 0.2) is 0 Å². The highest BCUT2D eigenvalue weighted by Gasteiger charge is 2.51. The summed E-state index contributed by atoms with van der Waals surface area (Å²) in [6.07, 6.45) is 4.98. The zero-order valence-corrected chi connectivity index (χ0v) is 13.9. The molecule has 2 aliphatic rings. The minimum Gasteiger partial charge on any atom is -0.481 e. The minimum atomic E-state index is -0.757. The lowest BCUT2D eigenvalue weighted by molar-refractivity contribution is -0.137. The van der Waals surface area contributed by atoms with E-state index < -0.39 is 11.9 Å². The first-order chi connectivity index (χ1) is 10.5. The lowest BCUT2D eigenvalue weighted by Gasteiger charge is -2.17. The predicted octanol–water partition coefficient (Wildman–Crippen LogP) is 2.24. The molecule has 0 aromatic heterocycles. The van der Waals surface area contributed by atoms with Crippen LogP contribution < -0.4 is 5.32 Å². The van der Waals surface area contributed by atoms with E-state index in [-0.39, 0.29) is 30.1 Å². The van der Waals surface area contributed by atoms with Crippen LogP contribution in [0, 0.1) is 11.8 Å². The molecular weight excluding hydrogens is 302 g/mol. The number of carbonyl (C=O) groups is 3. The largest absolute Gasteiger partial charge is 0.481 e. The molecule has 0 spiro atoms. The lowest BCUT2D eigenvalue weighted by atomic mass is 9.85. The SMILES string of the molecule is CCCCC(=O)C1C(=O)NC2[C@@H]1CS[C@H]2CCCCC(=O)O. The normalized spacial score (nSPS) is 30.1. The molecular formula is C16H25NO4S. The molecule has 2 N–H and O–H groups in total. The molecule has 124 valence electrons. The first-order valence-electron chi connectivity index (χ1n) is 8.21. The van der Waals surface area contributed by atoms with Crippen molar-refractivity contribution in [3.05, 3.63) is 0 Å². The quantitative estimate of drug-likeness (QED) is 0.501. The van der Waals surface area contributed by atoms with Crippen molar-refractivity contribution in [2.45, 2.75) is 63.2 Å². The molecule has 0 aromatic rings. The molecule has 1 amide bonds. The second-order valence-electron chi connectivity index (χ2n) is 6.26. The summed E-state index contributed by atoms with van der Waals surface area (Å²) in [5.41, 5.74) is 0. The van der Waals surface area contributed by atoms with E-state index in [9.17, 15) is 14.4 Å². The fourth-order valence-corrected chi connectivity index (χ4v) is 5.13. The third-order valence-electron chi connectivity index (χ3n) is 4.64. The van der Waals surface area contributed by atoms with Crippen molar-refractivity contribution in [2.75, 3.05) is 5.75 Å². The van der Waals surface area contributed by atoms with E-state index in [4.69, 9.17) is 5.11 Å². The Morgan fingerprint density at radius 1 is 1.27 bits per heavy atom. The summed E-state index contributed by atoms with van der Waals surface area (Å²) in [5, 5.41) is 12.0. The number of ketones is 1. The number of Topliss-reactive ketones (excluding diaryl/α,β-unsaturated/α-hetero) is 1. The number of fused-ring (bicyclic) bond motifs is 1. The summed E-state index contributed by atoms with van der Waals surface area (Å²) in [6.45, 7) is 2.05. The number of unbranched alkanes of at least 4 members (excludes halogenated alkanes) is 2. The minimum absolute atomic E-state index is 0.0908. The number of hydrogen-bond acceptors (Lipinski definition) is 4. The maximum Gasteiger partial charge on any atom is 0.303 e. The number of carboxylic acid groups (broad SMARTS) is 1. The van der Waals surface area contributed by atoms with Crippen LogP contribution >= 0.6 is 11.8 Å². The zero-order valence-electron chi connectivity index (χ0n) is 13.0. The standard InChI is InChI=1S/C16H25NO4S/c1-2-3-6-11(18)14-10-9-22-12(15(10)17-16(14)21)7-4-5-8-13(19)20/h10,12,14-15H,2-9H2,1H3,(H,17,21)(H,19,20)/t10-,12+,14?,15?/m1/s1. The third-order valence-corrected chi connectivity index (χ3v) is 6.17. The van der Waals surface area contributed by atoms with Crippen molar-refractivity contribution in [1.29, 1.82) is 0 Å². The van der Waals surface area contributed by atoms with Crippen molar-refractivity contribution < 1.29 is 19.5 Å². The van der Waals surface area contributed by atoms with Crippen LogP contribution in [0.4, 0.5) is 0 Å². The van der Waals surface area contributed by atoms with Gasteiger partial charge in [-0.2, -0.15) is 11.8 Å². The molecule has 2 saturated heterocycles. The topological polar surface area (TPSA) is 83.5 Å². The molecule has 2 fully saturated rings. The molecule has 6 heteroatoms. The Labute approximate surface area is 135 Å². The van der Waals surface area contributed by atoms with E-state index in [0.29, 0.717) is 18.1 Å². The van der Waals surface area contributed by atoms with Gasteiger partial charge >= 0.3 is 5.97 Å². The van der Waals surface area contributed by atoms with Crippen LogP contribution in [0.1, 0.15) is 51.9 Å². The smallest absolute Gasteiger partial charge is 0.303 e. The molecule has 0 saturated carbocycles. The van der Waals surface area contributed by atoms with E-state index >= 15 is 0 Å². The van der Waals surface area contributed by atoms with Crippen molar-refractivity contribution in [3.8, 4) is 0 Å². The molecule has 4 atom stereocenters. The number of carboxylic acids is 1. The monoisotopic (exact) mass is 327 g/mol. The maximum atomic E-state index is 12.3. The first kappa shape index (κ1) is 17.3. The Morgan fingerprint density at radius 3 is 2.73 bits per heavy atom. The second-order valence-corrected chi connectivity index (χ2v) is 7.53. The van der Waals surface area contributed by atoms with E-state index in [1.807, 2.05) is 18.7 Å². The van der Waals surface area contributed by atoms with Crippen LogP contribution in [-0.2, 0) is 14.4 Å². The molecule has 0 aromatic carbocycles. The molecule has 2 rings (SSSR count). The summed E-state index contributed by atoms with van der Waals surface area (Å²) < 4.78 is 0. The predicted molar refractivity (Wildman–Crippen MR) is 85.8 cm³/mol. The van der Waals surface area contributed by atoms with Gasteiger partial charge in [-0.05, 0) is 25.0 Å². The Morgan fingerprint density at radius 2 is 2.05 bits per heavy atom. The van der Waals surface area contributed by atoms with Gasteiger partial charge in [0.05, 0.1) is 0 Å². The molecule has 2 unspecified atom stereocenters. The van der Waals surface area contributed by atoms with Gasteiger partial charge in [-0.15, -0.1) is 0 Å². The van der Waals surface area contributed by atoms with Crippen molar-refractivity contribution >= 4 is 29.4 Å². The molecule has 0 aliphatic carbocycles.